The molecule has 1 fully saturated rings. The predicted octanol–water partition coefficient (Wildman–Crippen LogP) is 2.70. The van der Waals surface area contributed by atoms with Gasteiger partial charge in [0.1, 0.15) is 9.75 Å². The molecule has 0 N–H and O–H groups in total. The van der Waals surface area contributed by atoms with Crippen LogP contribution in [0.25, 0.3) is 0 Å². The van der Waals surface area contributed by atoms with Gasteiger partial charge < -0.3 is 9.64 Å². The monoisotopic (exact) mass is 341 g/mol. The molecule has 1 unspecified atom stereocenters. The molecule has 1 saturated carbocycles. The first-order chi connectivity index (χ1) is 10.3. The largest absolute Gasteiger partial charge is 0.455 e. The minimum Gasteiger partial charge on any atom is -0.455 e. The number of carbonyl (C=O) groups excluding carboxylic acids is 2. The minimum absolute atomic E-state index is 0.193. The van der Waals surface area contributed by atoms with E-state index in [0.29, 0.717) is 19.5 Å². The number of esters is 1. The van der Waals surface area contributed by atoms with Crippen LogP contribution >= 0.6 is 23.2 Å². The first-order valence-electron chi connectivity index (χ1n) is 7.23. The Morgan fingerprint density at radius 3 is 2.55 bits per heavy atom. The summed E-state index contributed by atoms with van der Waals surface area (Å²) in [7, 11) is 0. The van der Waals surface area contributed by atoms with Gasteiger partial charge in [0.05, 0.1) is 0 Å². The highest BCUT2D eigenvalue weighted by molar-refractivity contribution is 6.53. The third-order valence-corrected chi connectivity index (χ3v) is 5.62. The highest BCUT2D eigenvalue weighted by Gasteiger charge is 2.69. The van der Waals surface area contributed by atoms with Crippen LogP contribution in [0.2, 0.25) is 0 Å². The van der Waals surface area contributed by atoms with Crippen molar-refractivity contribution >= 4 is 35.1 Å². The Hall–Kier alpha value is -1.26. The van der Waals surface area contributed by atoms with E-state index in [0.717, 1.165) is 12.0 Å². The van der Waals surface area contributed by atoms with Gasteiger partial charge in [0, 0.05) is 19.5 Å². The third kappa shape index (κ3) is 2.70. The van der Waals surface area contributed by atoms with E-state index in [2.05, 4.69) is 6.07 Å². The minimum atomic E-state index is -1.07. The van der Waals surface area contributed by atoms with E-state index in [9.17, 15) is 9.59 Å². The number of benzene rings is 1. The Morgan fingerprint density at radius 1 is 1.27 bits per heavy atom. The molecule has 0 saturated heterocycles. The molecule has 1 aliphatic heterocycles. The Morgan fingerprint density at radius 2 is 1.91 bits per heavy atom. The molecule has 1 aromatic carbocycles. The summed E-state index contributed by atoms with van der Waals surface area (Å²) in [5.74, 6) is -0.704. The van der Waals surface area contributed by atoms with Gasteiger partial charge in [0.15, 0.2) is 6.61 Å². The second-order valence-electron chi connectivity index (χ2n) is 6.12. The average Bonchev–Trinajstić information content (AvgIpc) is 3.03. The lowest BCUT2D eigenvalue weighted by molar-refractivity contribution is -0.156. The molecule has 0 radical (unpaired) electrons. The smallest absolute Gasteiger partial charge is 0.315 e. The van der Waals surface area contributed by atoms with Crippen molar-refractivity contribution in [1.29, 1.82) is 0 Å². The Bertz CT molecular complexity index is 632. The van der Waals surface area contributed by atoms with Crippen LogP contribution in [0, 0.1) is 5.41 Å². The summed E-state index contributed by atoms with van der Waals surface area (Å²) in [4.78, 5) is 25.9. The van der Waals surface area contributed by atoms with Gasteiger partial charge in [0.25, 0.3) is 5.91 Å². The van der Waals surface area contributed by atoms with Crippen LogP contribution in [0.3, 0.4) is 0 Å². The van der Waals surface area contributed by atoms with Gasteiger partial charge in [-0.15, -0.1) is 23.2 Å². The zero-order chi connectivity index (χ0) is 16.0. The van der Waals surface area contributed by atoms with E-state index in [1.165, 1.54) is 5.56 Å². The van der Waals surface area contributed by atoms with Crippen LogP contribution < -0.4 is 0 Å². The van der Waals surface area contributed by atoms with Crippen LogP contribution in [0.4, 0.5) is 0 Å². The molecule has 1 amide bonds. The SMILES string of the molecule is CC1(C(=O)OCC(=O)N2CCc3ccccc3C2)CC1(Cl)Cl. The highest BCUT2D eigenvalue weighted by Crippen LogP contribution is 2.64. The van der Waals surface area contributed by atoms with Gasteiger partial charge in [-0.3, -0.25) is 9.59 Å². The summed E-state index contributed by atoms with van der Waals surface area (Å²) in [6.07, 6.45) is 1.17. The van der Waals surface area contributed by atoms with E-state index < -0.39 is 15.7 Å². The fraction of sp³-hybridized carbons (Fsp3) is 0.500. The molecule has 118 valence electrons. The zero-order valence-electron chi connectivity index (χ0n) is 12.3. The van der Waals surface area contributed by atoms with Gasteiger partial charge in [-0.1, -0.05) is 24.3 Å². The molecule has 0 spiro atoms. The molecular formula is C16H17Cl2NO3. The van der Waals surface area contributed by atoms with Crippen LogP contribution in [0.15, 0.2) is 24.3 Å². The van der Waals surface area contributed by atoms with Crippen molar-refractivity contribution in [3.63, 3.8) is 0 Å². The topological polar surface area (TPSA) is 46.6 Å². The Kier molecular flexibility index (Phi) is 3.86. The molecule has 6 heteroatoms. The number of carbonyl (C=O) groups is 2. The maximum absolute atomic E-state index is 12.2. The van der Waals surface area contributed by atoms with Crippen molar-refractivity contribution in [1.82, 2.24) is 4.90 Å². The van der Waals surface area contributed by atoms with Crippen molar-refractivity contribution < 1.29 is 14.3 Å². The normalized spacial score (nSPS) is 25.3. The lowest BCUT2D eigenvalue weighted by Crippen LogP contribution is -2.39. The van der Waals surface area contributed by atoms with Gasteiger partial charge in [0.2, 0.25) is 0 Å². The summed E-state index contributed by atoms with van der Waals surface area (Å²) in [5, 5.41) is 0. The molecule has 4 nitrogen and oxygen atoms in total. The number of halogens is 2. The standard InChI is InChI=1S/C16H17Cl2NO3/c1-15(10-16(15,17)18)14(21)22-9-13(20)19-7-6-11-4-2-3-5-12(11)8-19/h2-5H,6-10H2,1H3. The Balaban J connectivity index is 1.55. The fourth-order valence-corrected chi connectivity index (χ4v) is 3.40. The summed E-state index contributed by atoms with van der Waals surface area (Å²) in [5.41, 5.74) is 1.51. The highest BCUT2D eigenvalue weighted by atomic mass is 35.5. The van der Waals surface area contributed by atoms with E-state index in [4.69, 9.17) is 27.9 Å². The van der Waals surface area contributed by atoms with Crippen molar-refractivity contribution in [2.45, 2.75) is 30.6 Å². The summed E-state index contributed by atoms with van der Waals surface area (Å²) < 4.78 is 4.04. The molecule has 1 aromatic rings. The van der Waals surface area contributed by atoms with E-state index in [1.807, 2.05) is 18.2 Å². The number of hydrogen-bond acceptors (Lipinski definition) is 3. The van der Waals surface area contributed by atoms with Crippen molar-refractivity contribution in [3.05, 3.63) is 35.4 Å². The predicted molar refractivity (Wildman–Crippen MR) is 83.7 cm³/mol. The number of ether oxygens (including phenoxy) is 1. The molecule has 22 heavy (non-hydrogen) atoms. The average molecular weight is 342 g/mol. The summed E-state index contributed by atoms with van der Waals surface area (Å²) in [6, 6.07) is 8.05. The van der Waals surface area contributed by atoms with Crippen molar-refractivity contribution in [3.8, 4) is 0 Å². The summed E-state index contributed by atoms with van der Waals surface area (Å²) >= 11 is 11.9. The van der Waals surface area contributed by atoms with Crippen LogP contribution in [-0.2, 0) is 27.3 Å². The quantitative estimate of drug-likeness (QED) is 0.627. The molecular weight excluding hydrogens is 325 g/mol. The number of hydrogen-bond donors (Lipinski definition) is 0. The maximum atomic E-state index is 12.2. The van der Waals surface area contributed by atoms with Gasteiger partial charge in [-0.25, -0.2) is 0 Å². The van der Waals surface area contributed by atoms with E-state index >= 15 is 0 Å². The Labute approximate surface area is 139 Å². The first-order valence-corrected chi connectivity index (χ1v) is 7.99. The molecule has 3 rings (SSSR count). The van der Waals surface area contributed by atoms with Crippen LogP contribution in [-0.4, -0.2) is 34.3 Å². The lowest BCUT2D eigenvalue weighted by Gasteiger charge is -2.28. The number of alkyl halides is 2. The first kappa shape index (κ1) is 15.6. The molecule has 0 aromatic heterocycles. The maximum Gasteiger partial charge on any atom is 0.315 e. The van der Waals surface area contributed by atoms with Gasteiger partial charge in [-0.05, 0) is 24.5 Å². The van der Waals surface area contributed by atoms with Gasteiger partial charge >= 0.3 is 5.97 Å². The van der Waals surface area contributed by atoms with Gasteiger partial charge in [-0.2, -0.15) is 0 Å². The summed E-state index contributed by atoms with van der Waals surface area (Å²) in [6.45, 7) is 2.58. The lowest BCUT2D eigenvalue weighted by atomic mass is 10.00. The van der Waals surface area contributed by atoms with Crippen LogP contribution in [0.1, 0.15) is 24.5 Å². The third-order valence-electron chi connectivity index (χ3n) is 4.52. The molecule has 2 aliphatic rings. The zero-order valence-corrected chi connectivity index (χ0v) is 13.8. The molecule has 1 atom stereocenters. The second kappa shape index (κ2) is 5.43. The van der Waals surface area contributed by atoms with E-state index in [-0.39, 0.29) is 12.5 Å². The number of rotatable bonds is 3. The fourth-order valence-electron chi connectivity index (χ4n) is 2.71. The van der Waals surface area contributed by atoms with E-state index in [1.54, 1.807) is 11.8 Å². The number of fused-ring (bicyclic) bond motifs is 1. The van der Waals surface area contributed by atoms with Crippen LogP contribution in [0.5, 0.6) is 0 Å². The van der Waals surface area contributed by atoms with Crippen molar-refractivity contribution in [2.24, 2.45) is 5.41 Å². The molecule has 1 aliphatic carbocycles. The number of amides is 1. The molecule has 1 heterocycles. The van der Waals surface area contributed by atoms with Crippen molar-refractivity contribution in [2.75, 3.05) is 13.2 Å². The molecule has 0 bridgehead atoms. The number of nitrogens with zero attached hydrogens (tertiary/aromatic N) is 1. The second-order valence-corrected chi connectivity index (χ2v) is 7.61.